The van der Waals surface area contributed by atoms with Crippen LogP contribution in [0.25, 0.3) is 0 Å². The van der Waals surface area contributed by atoms with Crippen molar-refractivity contribution in [2.75, 3.05) is 13.1 Å². The molecule has 0 radical (unpaired) electrons. The topological polar surface area (TPSA) is 107 Å². The summed E-state index contributed by atoms with van der Waals surface area (Å²) in [7, 11) is 0. The van der Waals surface area contributed by atoms with Gasteiger partial charge in [0.2, 0.25) is 5.91 Å². The zero-order valence-corrected chi connectivity index (χ0v) is 12.8. The predicted molar refractivity (Wildman–Crippen MR) is 75.9 cm³/mol. The minimum atomic E-state index is -1.06. The van der Waals surface area contributed by atoms with Crippen LogP contribution < -0.4 is 5.32 Å². The van der Waals surface area contributed by atoms with Gasteiger partial charge in [0, 0.05) is 6.54 Å². The molecule has 8 nitrogen and oxygen atoms in total. The van der Waals surface area contributed by atoms with Crippen LogP contribution in [-0.4, -0.2) is 63.4 Å². The lowest BCUT2D eigenvalue weighted by Crippen LogP contribution is -2.48. The van der Waals surface area contributed by atoms with Crippen molar-refractivity contribution in [2.45, 2.75) is 51.1 Å². The highest BCUT2D eigenvalue weighted by Gasteiger charge is 2.49. The molecule has 2 heterocycles. The molecule has 0 bridgehead atoms. The number of carbonyl (C=O) groups is 4. The number of nitrogens with one attached hydrogen (secondary N) is 1. The van der Waals surface area contributed by atoms with Crippen LogP contribution in [0.4, 0.5) is 4.79 Å². The zero-order chi connectivity index (χ0) is 16.5. The summed E-state index contributed by atoms with van der Waals surface area (Å²) in [5.41, 5.74) is -0.950. The number of carbonyl (C=O) groups excluding carboxylic acids is 3. The van der Waals surface area contributed by atoms with Crippen molar-refractivity contribution in [3.63, 3.8) is 0 Å². The van der Waals surface area contributed by atoms with Crippen LogP contribution in [0.15, 0.2) is 0 Å². The van der Waals surface area contributed by atoms with Crippen LogP contribution in [-0.2, 0) is 14.4 Å². The average Bonchev–Trinajstić information content (AvgIpc) is 3.06. The third-order valence-corrected chi connectivity index (χ3v) is 4.60. The molecular weight excluding hydrogens is 290 g/mol. The smallest absolute Gasteiger partial charge is 0.326 e. The lowest BCUT2D eigenvalue weighted by atomic mass is 9.93. The molecule has 2 saturated heterocycles. The van der Waals surface area contributed by atoms with E-state index in [9.17, 15) is 19.2 Å². The van der Waals surface area contributed by atoms with Gasteiger partial charge in [-0.15, -0.1) is 0 Å². The van der Waals surface area contributed by atoms with Gasteiger partial charge in [-0.2, -0.15) is 0 Å². The van der Waals surface area contributed by atoms with Crippen molar-refractivity contribution in [1.82, 2.24) is 15.1 Å². The molecular formula is C14H21N3O5. The number of carboxylic acids is 1. The van der Waals surface area contributed by atoms with E-state index in [1.807, 2.05) is 0 Å². The first-order chi connectivity index (χ1) is 10.4. The summed E-state index contributed by atoms with van der Waals surface area (Å²) in [4.78, 5) is 50.0. The molecule has 2 aliphatic heterocycles. The van der Waals surface area contributed by atoms with E-state index in [2.05, 4.69) is 5.32 Å². The minimum absolute atomic E-state index is 0.339. The number of imide groups is 1. The molecule has 2 rings (SSSR count). The number of nitrogens with zero attached hydrogens (tertiary/aromatic N) is 2. The fourth-order valence-electron chi connectivity index (χ4n) is 3.10. The summed E-state index contributed by atoms with van der Waals surface area (Å²) in [6.45, 7) is 3.53. The van der Waals surface area contributed by atoms with E-state index >= 15 is 0 Å². The summed E-state index contributed by atoms with van der Waals surface area (Å²) in [6.07, 6.45) is 1.90. The van der Waals surface area contributed by atoms with Gasteiger partial charge in [0.05, 0.1) is 0 Å². The number of amides is 4. The zero-order valence-electron chi connectivity index (χ0n) is 12.8. The van der Waals surface area contributed by atoms with Gasteiger partial charge in [-0.25, -0.2) is 9.59 Å². The van der Waals surface area contributed by atoms with Gasteiger partial charge in [-0.05, 0) is 25.7 Å². The van der Waals surface area contributed by atoms with Crippen LogP contribution >= 0.6 is 0 Å². The quantitative estimate of drug-likeness (QED) is 0.704. The Morgan fingerprint density at radius 1 is 1.32 bits per heavy atom. The van der Waals surface area contributed by atoms with Crippen molar-refractivity contribution in [2.24, 2.45) is 0 Å². The molecule has 0 aromatic heterocycles. The molecule has 1 atom stereocenters. The van der Waals surface area contributed by atoms with Crippen molar-refractivity contribution >= 4 is 23.8 Å². The number of urea groups is 1. The molecule has 122 valence electrons. The lowest BCUT2D eigenvalue weighted by molar-refractivity contribution is -0.149. The lowest BCUT2D eigenvalue weighted by Gasteiger charge is -2.25. The summed E-state index contributed by atoms with van der Waals surface area (Å²) in [5, 5.41) is 11.7. The highest BCUT2D eigenvalue weighted by Crippen LogP contribution is 2.25. The molecule has 0 aromatic rings. The van der Waals surface area contributed by atoms with Gasteiger partial charge in [0.1, 0.15) is 18.1 Å². The molecule has 8 heteroatoms. The Morgan fingerprint density at radius 2 is 1.95 bits per heavy atom. The molecule has 0 aliphatic carbocycles. The number of rotatable bonds is 5. The monoisotopic (exact) mass is 311 g/mol. The van der Waals surface area contributed by atoms with E-state index < -0.39 is 41.9 Å². The molecule has 2 fully saturated rings. The molecule has 0 saturated carbocycles. The summed E-state index contributed by atoms with van der Waals surface area (Å²) >= 11 is 0. The molecule has 22 heavy (non-hydrogen) atoms. The second-order valence-electron chi connectivity index (χ2n) is 5.69. The van der Waals surface area contributed by atoms with Crippen molar-refractivity contribution in [3.8, 4) is 0 Å². The third-order valence-electron chi connectivity index (χ3n) is 4.60. The molecule has 2 aliphatic rings. The van der Waals surface area contributed by atoms with Crippen LogP contribution in [0.3, 0.4) is 0 Å². The second kappa shape index (κ2) is 5.94. The van der Waals surface area contributed by atoms with Crippen LogP contribution in [0.5, 0.6) is 0 Å². The highest BCUT2D eigenvalue weighted by atomic mass is 16.4. The third kappa shape index (κ3) is 2.53. The van der Waals surface area contributed by atoms with E-state index in [0.717, 1.165) is 4.90 Å². The van der Waals surface area contributed by atoms with E-state index in [1.165, 1.54) is 4.90 Å². The Kier molecular flexibility index (Phi) is 4.39. The van der Waals surface area contributed by atoms with Gasteiger partial charge in [-0.1, -0.05) is 13.8 Å². The predicted octanol–water partition coefficient (Wildman–Crippen LogP) is 0.173. The Labute approximate surface area is 128 Å². The Balaban J connectivity index is 2.10. The average molecular weight is 311 g/mol. The van der Waals surface area contributed by atoms with Crippen molar-refractivity contribution in [1.29, 1.82) is 0 Å². The first-order valence-corrected chi connectivity index (χ1v) is 7.52. The van der Waals surface area contributed by atoms with Crippen LogP contribution in [0.1, 0.15) is 39.5 Å². The number of carboxylic acid groups (broad SMARTS) is 1. The van der Waals surface area contributed by atoms with E-state index in [-0.39, 0.29) is 0 Å². The molecule has 0 unspecified atom stereocenters. The van der Waals surface area contributed by atoms with Crippen molar-refractivity contribution < 1.29 is 24.3 Å². The van der Waals surface area contributed by atoms with Gasteiger partial charge in [0.25, 0.3) is 5.91 Å². The van der Waals surface area contributed by atoms with E-state index in [0.29, 0.717) is 32.2 Å². The van der Waals surface area contributed by atoms with Crippen LogP contribution in [0, 0.1) is 0 Å². The summed E-state index contributed by atoms with van der Waals surface area (Å²) in [6, 6.07) is -1.46. The molecule has 4 amide bonds. The van der Waals surface area contributed by atoms with Gasteiger partial charge < -0.3 is 15.3 Å². The summed E-state index contributed by atoms with van der Waals surface area (Å²) < 4.78 is 0. The maximum Gasteiger partial charge on any atom is 0.326 e. The molecule has 2 N–H and O–H groups in total. The fourth-order valence-corrected chi connectivity index (χ4v) is 3.10. The second-order valence-corrected chi connectivity index (χ2v) is 5.69. The van der Waals surface area contributed by atoms with Crippen LogP contribution in [0.2, 0.25) is 0 Å². The number of likely N-dealkylation sites (tertiary alicyclic amines) is 1. The van der Waals surface area contributed by atoms with E-state index in [1.54, 1.807) is 13.8 Å². The van der Waals surface area contributed by atoms with Gasteiger partial charge in [0.15, 0.2) is 0 Å². The van der Waals surface area contributed by atoms with E-state index in [4.69, 9.17) is 5.11 Å². The molecule has 0 aromatic carbocycles. The first-order valence-electron chi connectivity index (χ1n) is 7.52. The summed E-state index contributed by atoms with van der Waals surface area (Å²) in [5.74, 6) is -1.97. The standard InChI is InChI=1S/C14H21N3O5/c1-3-14(4-2)12(21)17(13(22)15-14)8-10(18)16-7-5-6-9(16)11(19)20/h9H,3-8H2,1-2H3,(H,15,22)(H,19,20)/t9-/m0/s1. The minimum Gasteiger partial charge on any atom is -0.480 e. The maximum atomic E-state index is 12.4. The SMILES string of the molecule is CCC1(CC)NC(=O)N(CC(=O)N2CCC[C@H]2C(=O)O)C1=O. The van der Waals surface area contributed by atoms with Crippen molar-refractivity contribution in [3.05, 3.63) is 0 Å². The normalized spacial score (nSPS) is 23.8. The Bertz CT molecular complexity index is 515. The largest absolute Gasteiger partial charge is 0.480 e. The number of hydrogen-bond acceptors (Lipinski definition) is 4. The Hall–Kier alpha value is -2.12. The van der Waals surface area contributed by atoms with Gasteiger partial charge >= 0.3 is 12.0 Å². The highest BCUT2D eigenvalue weighted by molar-refractivity contribution is 6.09. The number of aliphatic carboxylic acids is 1. The van der Waals surface area contributed by atoms with Gasteiger partial charge in [-0.3, -0.25) is 14.5 Å². The molecule has 0 spiro atoms. The number of hydrogen-bond donors (Lipinski definition) is 2. The maximum absolute atomic E-state index is 12.4. The first kappa shape index (κ1) is 16.3. The Morgan fingerprint density at radius 3 is 2.45 bits per heavy atom. The fraction of sp³-hybridized carbons (Fsp3) is 0.714.